The van der Waals surface area contributed by atoms with Gasteiger partial charge < -0.3 is 4.74 Å². The van der Waals surface area contributed by atoms with E-state index in [1.165, 1.54) is 31.4 Å². The Balaban J connectivity index is 2.19. The summed E-state index contributed by atoms with van der Waals surface area (Å²) >= 11 is 0. The number of halogens is 2. The van der Waals surface area contributed by atoms with Crippen molar-refractivity contribution in [3.63, 3.8) is 0 Å². The van der Waals surface area contributed by atoms with Gasteiger partial charge in [0.1, 0.15) is 17.4 Å². The maximum absolute atomic E-state index is 14.3. The summed E-state index contributed by atoms with van der Waals surface area (Å²) in [5.74, 6) is -0.698. The number of anilines is 1. The fourth-order valence-corrected chi connectivity index (χ4v) is 4.68. The number of benzene rings is 3. The summed E-state index contributed by atoms with van der Waals surface area (Å²) in [5.41, 5.74) is 1.52. The largest absolute Gasteiger partial charge is 0.496 e. The number of ether oxygens (including phenoxy) is 1. The molecule has 0 saturated carbocycles. The molecule has 0 fully saturated rings. The van der Waals surface area contributed by atoms with Crippen LogP contribution in [-0.4, -0.2) is 15.5 Å². The van der Waals surface area contributed by atoms with Crippen molar-refractivity contribution < 1.29 is 21.9 Å². The fraction of sp³-hybridized carbons (Fsp3) is 0.182. The second kappa shape index (κ2) is 8.21. The van der Waals surface area contributed by atoms with Crippen LogP contribution in [-0.2, 0) is 16.6 Å². The number of para-hydroxylation sites is 1. The standard InChI is InChI=1S/C22H21F2NO3S/c1-15-9-11-19(13-20(15)24)25(14-17-6-4-5-7-21(17)28-3)29(26,27)22-12-18(23)10-8-16(22)2/h4-13H,14H2,1-3H3. The second-order valence-electron chi connectivity index (χ2n) is 6.67. The summed E-state index contributed by atoms with van der Waals surface area (Å²) in [7, 11) is -2.70. The van der Waals surface area contributed by atoms with Crippen molar-refractivity contribution in [3.8, 4) is 5.75 Å². The molecule has 0 heterocycles. The second-order valence-corrected chi connectivity index (χ2v) is 8.50. The van der Waals surface area contributed by atoms with Gasteiger partial charge in [-0.05, 0) is 55.3 Å². The summed E-state index contributed by atoms with van der Waals surface area (Å²) in [6, 6.07) is 14.7. The van der Waals surface area contributed by atoms with E-state index in [1.807, 2.05) is 0 Å². The van der Waals surface area contributed by atoms with Gasteiger partial charge in [-0.1, -0.05) is 30.3 Å². The molecule has 4 nitrogen and oxygen atoms in total. The molecule has 0 aromatic heterocycles. The minimum absolute atomic E-state index is 0.106. The Hall–Kier alpha value is -2.93. The summed E-state index contributed by atoms with van der Waals surface area (Å²) in [5, 5.41) is 0. The van der Waals surface area contributed by atoms with Gasteiger partial charge in [0.15, 0.2) is 0 Å². The molecule has 0 atom stereocenters. The van der Waals surface area contributed by atoms with Crippen LogP contribution in [0.2, 0.25) is 0 Å². The zero-order chi connectivity index (χ0) is 21.2. The molecule has 0 aliphatic rings. The van der Waals surface area contributed by atoms with E-state index in [0.29, 0.717) is 22.4 Å². The first-order valence-corrected chi connectivity index (χ1v) is 10.3. The Labute approximate surface area is 169 Å². The maximum Gasteiger partial charge on any atom is 0.264 e. The topological polar surface area (TPSA) is 46.6 Å². The molecule has 3 aromatic carbocycles. The molecule has 7 heteroatoms. The highest BCUT2D eigenvalue weighted by molar-refractivity contribution is 7.92. The average Bonchev–Trinajstić information content (AvgIpc) is 2.70. The van der Waals surface area contributed by atoms with Crippen LogP contribution in [0.5, 0.6) is 5.75 Å². The minimum Gasteiger partial charge on any atom is -0.496 e. The summed E-state index contributed by atoms with van der Waals surface area (Å²) in [6.07, 6.45) is 0. The molecule has 0 bridgehead atoms. The number of methoxy groups -OCH3 is 1. The normalized spacial score (nSPS) is 11.3. The maximum atomic E-state index is 14.3. The van der Waals surface area contributed by atoms with Crippen molar-refractivity contribution in [3.05, 3.63) is 89.0 Å². The molecule has 0 saturated heterocycles. The van der Waals surface area contributed by atoms with Gasteiger partial charge in [-0.15, -0.1) is 0 Å². The number of rotatable bonds is 6. The van der Waals surface area contributed by atoms with Crippen LogP contribution < -0.4 is 9.04 Å². The lowest BCUT2D eigenvalue weighted by Crippen LogP contribution is -2.31. The number of aryl methyl sites for hydroxylation is 2. The highest BCUT2D eigenvalue weighted by atomic mass is 32.2. The summed E-state index contributed by atoms with van der Waals surface area (Å²) in [6.45, 7) is 3.07. The van der Waals surface area contributed by atoms with E-state index in [1.54, 1.807) is 38.1 Å². The third kappa shape index (κ3) is 4.24. The molecule has 0 unspecified atom stereocenters. The first-order chi connectivity index (χ1) is 13.7. The van der Waals surface area contributed by atoms with Gasteiger partial charge >= 0.3 is 0 Å². The molecule has 0 N–H and O–H groups in total. The van der Waals surface area contributed by atoms with E-state index in [4.69, 9.17) is 4.74 Å². The van der Waals surface area contributed by atoms with Crippen LogP contribution in [0.25, 0.3) is 0 Å². The molecular weight excluding hydrogens is 396 g/mol. The van der Waals surface area contributed by atoms with Crippen LogP contribution >= 0.6 is 0 Å². The van der Waals surface area contributed by atoms with Crippen molar-refractivity contribution in [1.29, 1.82) is 0 Å². The van der Waals surface area contributed by atoms with E-state index in [-0.39, 0.29) is 17.1 Å². The van der Waals surface area contributed by atoms with Crippen molar-refractivity contribution in [1.82, 2.24) is 0 Å². The summed E-state index contributed by atoms with van der Waals surface area (Å²) < 4.78 is 61.5. The Morgan fingerprint density at radius 1 is 0.931 bits per heavy atom. The number of hydrogen-bond donors (Lipinski definition) is 0. The fourth-order valence-electron chi connectivity index (χ4n) is 3.01. The molecular formula is C22H21F2NO3S. The van der Waals surface area contributed by atoms with E-state index in [0.717, 1.165) is 16.4 Å². The van der Waals surface area contributed by atoms with Crippen molar-refractivity contribution in [2.24, 2.45) is 0 Å². The third-order valence-electron chi connectivity index (χ3n) is 4.67. The van der Waals surface area contributed by atoms with Gasteiger partial charge in [-0.3, -0.25) is 4.31 Å². The number of nitrogens with zero attached hydrogens (tertiary/aromatic N) is 1. The first kappa shape index (κ1) is 20.8. The molecule has 29 heavy (non-hydrogen) atoms. The molecule has 0 aliphatic carbocycles. The Morgan fingerprint density at radius 2 is 1.62 bits per heavy atom. The highest BCUT2D eigenvalue weighted by Crippen LogP contribution is 2.31. The van der Waals surface area contributed by atoms with Crippen LogP contribution in [0.4, 0.5) is 14.5 Å². The monoisotopic (exact) mass is 417 g/mol. The molecule has 0 amide bonds. The van der Waals surface area contributed by atoms with E-state index in [2.05, 4.69) is 0 Å². The lowest BCUT2D eigenvalue weighted by molar-refractivity contribution is 0.410. The van der Waals surface area contributed by atoms with Gasteiger partial charge in [-0.25, -0.2) is 17.2 Å². The van der Waals surface area contributed by atoms with E-state index < -0.39 is 21.7 Å². The molecule has 3 rings (SSSR count). The third-order valence-corrected chi connectivity index (χ3v) is 6.58. The molecule has 0 radical (unpaired) electrons. The van der Waals surface area contributed by atoms with Crippen LogP contribution in [0.15, 0.2) is 65.6 Å². The van der Waals surface area contributed by atoms with Gasteiger partial charge in [-0.2, -0.15) is 0 Å². The lowest BCUT2D eigenvalue weighted by atomic mass is 10.2. The summed E-state index contributed by atoms with van der Waals surface area (Å²) in [4.78, 5) is -0.173. The zero-order valence-corrected chi connectivity index (χ0v) is 17.1. The van der Waals surface area contributed by atoms with Crippen molar-refractivity contribution in [2.75, 3.05) is 11.4 Å². The van der Waals surface area contributed by atoms with Gasteiger partial charge in [0.2, 0.25) is 0 Å². The molecule has 0 aliphatic heterocycles. The van der Waals surface area contributed by atoms with E-state index >= 15 is 0 Å². The number of hydrogen-bond acceptors (Lipinski definition) is 3. The molecule has 152 valence electrons. The first-order valence-electron chi connectivity index (χ1n) is 8.91. The quantitative estimate of drug-likeness (QED) is 0.568. The average molecular weight is 417 g/mol. The predicted molar refractivity (Wildman–Crippen MR) is 109 cm³/mol. The smallest absolute Gasteiger partial charge is 0.264 e. The molecule has 0 spiro atoms. The predicted octanol–water partition coefficient (Wildman–Crippen LogP) is 4.99. The molecule has 3 aromatic rings. The highest BCUT2D eigenvalue weighted by Gasteiger charge is 2.28. The Bertz CT molecular complexity index is 1150. The van der Waals surface area contributed by atoms with E-state index in [9.17, 15) is 17.2 Å². The van der Waals surface area contributed by atoms with Crippen LogP contribution in [0.1, 0.15) is 16.7 Å². The Morgan fingerprint density at radius 3 is 2.31 bits per heavy atom. The SMILES string of the molecule is COc1ccccc1CN(c1ccc(C)c(F)c1)S(=O)(=O)c1cc(F)ccc1C. The minimum atomic E-state index is -4.19. The van der Waals surface area contributed by atoms with Gasteiger partial charge in [0.25, 0.3) is 10.0 Å². The van der Waals surface area contributed by atoms with Crippen molar-refractivity contribution >= 4 is 15.7 Å². The Kier molecular flexibility index (Phi) is 5.88. The van der Waals surface area contributed by atoms with Crippen LogP contribution in [0.3, 0.4) is 0 Å². The lowest BCUT2D eigenvalue weighted by Gasteiger charge is -2.26. The zero-order valence-electron chi connectivity index (χ0n) is 16.3. The van der Waals surface area contributed by atoms with Crippen LogP contribution in [0, 0.1) is 25.5 Å². The number of sulfonamides is 1. The van der Waals surface area contributed by atoms with Gasteiger partial charge in [0, 0.05) is 5.56 Å². The van der Waals surface area contributed by atoms with Crippen molar-refractivity contribution in [2.45, 2.75) is 25.3 Å². The van der Waals surface area contributed by atoms with Gasteiger partial charge in [0.05, 0.1) is 24.2 Å².